The average molecular weight is 310 g/mol. The maximum absolute atomic E-state index is 6.38. The molecule has 0 aliphatic carbocycles. The van der Waals surface area contributed by atoms with Crippen LogP contribution in [-0.2, 0) is 6.42 Å². The Kier molecular flexibility index (Phi) is 3.22. The molecule has 20 heavy (non-hydrogen) atoms. The second kappa shape index (κ2) is 4.79. The number of rotatable bonds is 1. The van der Waals surface area contributed by atoms with Crippen LogP contribution in [0.5, 0.6) is 5.75 Å². The standard InChI is InChI=1S/C14H13Cl2N3O/c1-6-7(2)18-14(17)19-12(6)11-8-3-4-20-13(8)10(16)5-9(11)15/h5H,3-4H2,1-2H3,(H2,17,18,19). The van der Waals surface area contributed by atoms with Gasteiger partial charge in [-0.1, -0.05) is 23.2 Å². The molecule has 0 radical (unpaired) electrons. The Bertz CT molecular complexity index is 716. The SMILES string of the molecule is Cc1nc(N)nc(-c2c(Cl)cc(Cl)c3c2CCO3)c1C. The number of nitrogens with two attached hydrogens (primary N) is 1. The van der Waals surface area contributed by atoms with E-state index < -0.39 is 0 Å². The summed E-state index contributed by atoms with van der Waals surface area (Å²) in [4.78, 5) is 8.52. The lowest BCUT2D eigenvalue weighted by Crippen LogP contribution is -2.03. The predicted octanol–water partition coefficient (Wildman–Crippen LogP) is 3.58. The number of hydrogen-bond donors (Lipinski definition) is 1. The number of fused-ring (bicyclic) bond motifs is 1. The fourth-order valence-corrected chi connectivity index (χ4v) is 3.10. The van der Waals surface area contributed by atoms with Crippen molar-refractivity contribution in [3.63, 3.8) is 0 Å². The van der Waals surface area contributed by atoms with Gasteiger partial charge in [0, 0.05) is 23.2 Å². The number of anilines is 1. The summed E-state index contributed by atoms with van der Waals surface area (Å²) < 4.78 is 5.58. The fourth-order valence-electron chi connectivity index (χ4n) is 2.45. The summed E-state index contributed by atoms with van der Waals surface area (Å²) in [5.74, 6) is 0.932. The summed E-state index contributed by atoms with van der Waals surface area (Å²) in [6, 6.07) is 1.69. The second-order valence-electron chi connectivity index (χ2n) is 4.76. The summed E-state index contributed by atoms with van der Waals surface area (Å²) in [5, 5.41) is 1.09. The van der Waals surface area contributed by atoms with Crippen molar-refractivity contribution in [3.05, 3.63) is 32.9 Å². The first kappa shape index (κ1) is 13.5. The third kappa shape index (κ3) is 2.00. The van der Waals surface area contributed by atoms with Gasteiger partial charge in [-0.05, 0) is 25.5 Å². The minimum Gasteiger partial charge on any atom is -0.491 e. The molecule has 1 aromatic carbocycles. The Hall–Kier alpha value is -1.52. The van der Waals surface area contributed by atoms with E-state index in [-0.39, 0.29) is 5.95 Å². The number of aromatic nitrogens is 2. The van der Waals surface area contributed by atoms with Crippen molar-refractivity contribution >= 4 is 29.2 Å². The van der Waals surface area contributed by atoms with Gasteiger partial charge in [0.05, 0.1) is 22.3 Å². The Balaban J connectivity index is 2.34. The van der Waals surface area contributed by atoms with Gasteiger partial charge < -0.3 is 10.5 Å². The van der Waals surface area contributed by atoms with Crippen molar-refractivity contribution in [1.29, 1.82) is 0 Å². The van der Waals surface area contributed by atoms with Gasteiger partial charge >= 0.3 is 0 Å². The van der Waals surface area contributed by atoms with Crippen LogP contribution in [0.15, 0.2) is 6.07 Å². The first-order valence-electron chi connectivity index (χ1n) is 6.23. The van der Waals surface area contributed by atoms with Crippen LogP contribution in [0.4, 0.5) is 5.95 Å². The summed E-state index contributed by atoms with van der Waals surface area (Å²) >= 11 is 12.6. The lowest BCUT2D eigenvalue weighted by atomic mass is 9.98. The summed E-state index contributed by atoms with van der Waals surface area (Å²) in [7, 11) is 0. The summed E-state index contributed by atoms with van der Waals surface area (Å²) in [6.45, 7) is 4.45. The van der Waals surface area contributed by atoms with Crippen LogP contribution in [0.1, 0.15) is 16.8 Å². The molecule has 1 aromatic heterocycles. The number of nitrogens with zero attached hydrogens (tertiary/aromatic N) is 2. The second-order valence-corrected chi connectivity index (χ2v) is 5.58. The molecule has 4 nitrogen and oxygen atoms in total. The maximum atomic E-state index is 6.38. The van der Waals surface area contributed by atoms with Crippen molar-refractivity contribution in [2.24, 2.45) is 0 Å². The van der Waals surface area contributed by atoms with Gasteiger partial charge in [-0.15, -0.1) is 0 Å². The molecule has 0 fully saturated rings. The van der Waals surface area contributed by atoms with Crippen molar-refractivity contribution in [2.45, 2.75) is 20.3 Å². The zero-order valence-electron chi connectivity index (χ0n) is 11.1. The van der Waals surface area contributed by atoms with E-state index in [4.69, 9.17) is 33.7 Å². The first-order chi connectivity index (χ1) is 9.49. The Labute approximate surface area is 126 Å². The molecule has 0 spiro atoms. The van der Waals surface area contributed by atoms with Gasteiger partial charge in [-0.2, -0.15) is 0 Å². The molecule has 6 heteroatoms. The summed E-state index contributed by atoms with van der Waals surface area (Å²) in [6.07, 6.45) is 0.757. The average Bonchev–Trinajstić information content (AvgIpc) is 2.84. The highest BCUT2D eigenvalue weighted by Gasteiger charge is 2.25. The summed E-state index contributed by atoms with van der Waals surface area (Å²) in [5.41, 5.74) is 10.1. The molecule has 104 valence electrons. The van der Waals surface area contributed by atoms with Gasteiger partial charge in [-0.25, -0.2) is 9.97 Å². The molecule has 1 aliphatic rings. The van der Waals surface area contributed by atoms with Crippen molar-refractivity contribution < 1.29 is 4.74 Å². The molecule has 3 rings (SSSR count). The molecule has 1 aliphatic heterocycles. The molecule has 2 aromatic rings. The minimum absolute atomic E-state index is 0.238. The number of hydrogen-bond acceptors (Lipinski definition) is 4. The molecule has 0 saturated heterocycles. The van der Waals surface area contributed by atoms with Crippen molar-refractivity contribution in [1.82, 2.24) is 9.97 Å². The van der Waals surface area contributed by atoms with Crippen LogP contribution in [0, 0.1) is 13.8 Å². The van der Waals surface area contributed by atoms with Gasteiger partial charge in [0.1, 0.15) is 5.75 Å². The van der Waals surface area contributed by atoms with Gasteiger partial charge in [-0.3, -0.25) is 0 Å². The molecular weight excluding hydrogens is 297 g/mol. The molecule has 0 amide bonds. The van der Waals surface area contributed by atoms with Crippen LogP contribution in [0.2, 0.25) is 10.0 Å². The van der Waals surface area contributed by atoms with Crippen molar-refractivity contribution in [3.8, 4) is 17.0 Å². The highest BCUT2D eigenvalue weighted by molar-refractivity contribution is 6.37. The molecule has 2 N–H and O–H groups in total. The lowest BCUT2D eigenvalue weighted by Gasteiger charge is -2.14. The third-order valence-corrected chi connectivity index (χ3v) is 4.11. The highest BCUT2D eigenvalue weighted by atomic mass is 35.5. The van der Waals surface area contributed by atoms with Crippen LogP contribution in [0.25, 0.3) is 11.3 Å². The first-order valence-corrected chi connectivity index (χ1v) is 6.99. The highest BCUT2D eigenvalue weighted by Crippen LogP contribution is 2.44. The normalized spacial score (nSPS) is 13.2. The van der Waals surface area contributed by atoms with Gasteiger partial charge in [0.25, 0.3) is 0 Å². The smallest absolute Gasteiger partial charge is 0.220 e. The minimum atomic E-state index is 0.238. The predicted molar refractivity (Wildman–Crippen MR) is 80.6 cm³/mol. The zero-order chi connectivity index (χ0) is 14.4. The monoisotopic (exact) mass is 309 g/mol. The Morgan fingerprint density at radius 2 is 1.95 bits per heavy atom. The van der Waals surface area contributed by atoms with Crippen LogP contribution in [-0.4, -0.2) is 16.6 Å². The van der Waals surface area contributed by atoms with Crippen LogP contribution in [0.3, 0.4) is 0 Å². The number of benzene rings is 1. The van der Waals surface area contributed by atoms with E-state index in [0.29, 0.717) is 22.4 Å². The number of halogens is 2. The maximum Gasteiger partial charge on any atom is 0.220 e. The van der Waals surface area contributed by atoms with E-state index >= 15 is 0 Å². The molecule has 0 bridgehead atoms. The van der Waals surface area contributed by atoms with E-state index in [1.807, 2.05) is 13.8 Å². The lowest BCUT2D eigenvalue weighted by molar-refractivity contribution is 0.357. The van der Waals surface area contributed by atoms with E-state index in [1.54, 1.807) is 6.07 Å². The zero-order valence-corrected chi connectivity index (χ0v) is 12.6. The van der Waals surface area contributed by atoms with Crippen LogP contribution < -0.4 is 10.5 Å². The fraction of sp³-hybridized carbons (Fsp3) is 0.286. The Morgan fingerprint density at radius 3 is 2.70 bits per heavy atom. The number of ether oxygens (including phenoxy) is 1. The molecular formula is C14H13Cl2N3O. The van der Waals surface area contributed by atoms with Crippen molar-refractivity contribution in [2.75, 3.05) is 12.3 Å². The number of nitrogen functional groups attached to an aromatic ring is 1. The third-order valence-electron chi connectivity index (χ3n) is 3.53. The van der Waals surface area contributed by atoms with Gasteiger partial charge in [0.15, 0.2) is 0 Å². The molecule has 2 heterocycles. The largest absolute Gasteiger partial charge is 0.491 e. The molecule has 0 atom stereocenters. The molecule has 0 saturated carbocycles. The Morgan fingerprint density at radius 1 is 1.20 bits per heavy atom. The topological polar surface area (TPSA) is 61.0 Å². The van der Waals surface area contributed by atoms with Crippen LogP contribution >= 0.6 is 23.2 Å². The van der Waals surface area contributed by atoms with E-state index in [2.05, 4.69) is 9.97 Å². The van der Waals surface area contributed by atoms with Gasteiger partial charge in [0.2, 0.25) is 5.95 Å². The van der Waals surface area contributed by atoms with E-state index in [1.165, 1.54) is 0 Å². The van der Waals surface area contributed by atoms with E-state index in [9.17, 15) is 0 Å². The molecule has 0 unspecified atom stereocenters. The number of aryl methyl sites for hydroxylation is 1. The quantitative estimate of drug-likeness (QED) is 0.874. The van der Waals surface area contributed by atoms with E-state index in [0.717, 1.165) is 34.5 Å².